The third-order valence-electron chi connectivity index (χ3n) is 7.76. The molecule has 43 heavy (non-hydrogen) atoms. The molecule has 0 fully saturated rings. The fourth-order valence-corrected chi connectivity index (χ4v) is 4.32. The van der Waals surface area contributed by atoms with E-state index < -0.39 is 23.0 Å². The number of fused-ring (bicyclic) bond motifs is 1. The van der Waals surface area contributed by atoms with E-state index in [0.29, 0.717) is 5.52 Å². The lowest BCUT2D eigenvalue weighted by Gasteiger charge is -2.21. The van der Waals surface area contributed by atoms with E-state index in [4.69, 9.17) is 5.11 Å². The smallest absolute Gasteiger partial charge is 0.338 e. The quantitative estimate of drug-likeness (QED) is 0.284. The van der Waals surface area contributed by atoms with E-state index in [0.717, 1.165) is 5.39 Å². The van der Waals surface area contributed by atoms with Crippen LogP contribution < -0.4 is 16.8 Å². The first-order valence-electron chi connectivity index (χ1n) is 13.3. The number of aliphatic imine (C=N–C) groups is 2. The van der Waals surface area contributed by atoms with Gasteiger partial charge in [0.1, 0.15) is 22.5 Å². The summed E-state index contributed by atoms with van der Waals surface area (Å²) in [4.78, 5) is 64.2. The molecule has 0 bridgehead atoms. The predicted molar refractivity (Wildman–Crippen MR) is 161 cm³/mol. The Kier molecular flexibility index (Phi) is 9.11. The minimum absolute atomic E-state index is 0. The Bertz CT molecular complexity index is 1680. The second kappa shape index (κ2) is 12.1. The molecule has 13 nitrogen and oxygen atoms in total. The zero-order valence-corrected chi connectivity index (χ0v) is 24.8. The average Bonchev–Trinajstić information content (AvgIpc) is 3.44. The zero-order valence-electron chi connectivity index (χ0n) is 24.8. The van der Waals surface area contributed by atoms with Gasteiger partial charge in [-0.15, -0.1) is 0 Å². The van der Waals surface area contributed by atoms with Crippen molar-refractivity contribution in [1.29, 1.82) is 0 Å². The molecule has 0 saturated heterocycles. The van der Waals surface area contributed by atoms with Gasteiger partial charge < -0.3 is 27.0 Å². The van der Waals surface area contributed by atoms with Crippen molar-refractivity contribution in [3.63, 3.8) is 0 Å². The Hall–Kier alpha value is -5.04. The number of aromatic nitrogens is 2. The second-order valence-corrected chi connectivity index (χ2v) is 11.0. The second-order valence-electron chi connectivity index (χ2n) is 11.0. The van der Waals surface area contributed by atoms with Crippen LogP contribution in [0, 0.1) is 11.8 Å². The predicted octanol–water partition coefficient (Wildman–Crippen LogP) is 3.46. The SMILES string of the molecule is CC(C)C1(C)N=C(c2nc3ccccc3cc2C(=O)O)NC1=O.CC(C)C1(C)N=C(c2ncccc2C(=O)O)NC1=O.N. The molecule has 2 unspecified atom stereocenters. The van der Waals surface area contributed by atoms with Crippen molar-refractivity contribution in [2.75, 3.05) is 0 Å². The lowest BCUT2D eigenvalue weighted by atomic mass is 9.89. The molecule has 4 heterocycles. The van der Waals surface area contributed by atoms with Gasteiger partial charge in [-0.05, 0) is 49.9 Å². The third-order valence-corrected chi connectivity index (χ3v) is 7.76. The summed E-state index contributed by atoms with van der Waals surface area (Å²) in [5.74, 6) is -2.26. The number of nitrogens with one attached hydrogen (secondary N) is 2. The number of pyridine rings is 2. The Morgan fingerprint density at radius 2 is 1.28 bits per heavy atom. The maximum Gasteiger partial charge on any atom is 0.338 e. The first-order chi connectivity index (χ1) is 19.7. The molecule has 2 aliphatic rings. The number of benzene rings is 1. The molecule has 2 amide bonds. The number of amidine groups is 2. The van der Waals surface area contributed by atoms with Crippen molar-refractivity contribution in [1.82, 2.24) is 26.8 Å². The standard InChI is InChI=1S/C17H17N3O3.C13H15N3O3.H3N/c1-9(2)17(3)16(23)19-14(20-17)13-11(15(21)22)8-10-6-4-5-7-12(10)18-13;1-7(2)13(3)12(19)15-10(16-13)9-8(11(17)18)5-4-6-14-9;/h4-9H,1-3H3,(H,21,22)(H,19,20,23);4-7H,1-3H3,(H,17,18)(H,15,16,19);1H3. The van der Waals surface area contributed by atoms with E-state index in [9.17, 15) is 24.3 Å². The van der Waals surface area contributed by atoms with Crippen molar-refractivity contribution in [2.45, 2.75) is 52.6 Å². The lowest BCUT2D eigenvalue weighted by Crippen LogP contribution is -2.41. The van der Waals surface area contributed by atoms with E-state index in [1.165, 1.54) is 18.3 Å². The summed E-state index contributed by atoms with van der Waals surface area (Å²) in [7, 11) is 0. The highest BCUT2D eigenvalue weighted by Gasteiger charge is 2.44. The maximum absolute atomic E-state index is 12.3. The highest BCUT2D eigenvalue weighted by Crippen LogP contribution is 2.29. The number of rotatable bonds is 6. The summed E-state index contributed by atoms with van der Waals surface area (Å²) in [6, 6.07) is 11.8. The molecule has 13 heteroatoms. The van der Waals surface area contributed by atoms with Gasteiger partial charge in [0.25, 0.3) is 11.8 Å². The molecule has 1 aromatic carbocycles. The third kappa shape index (κ3) is 5.97. The van der Waals surface area contributed by atoms with Crippen LogP contribution >= 0.6 is 0 Å². The molecule has 5 rings (SSSR count). The number of carboxylic acid groups (broad SMARTS) is 2. The molecule has 0 saturated carbocycles. The first-order valence-corrected chi connectivity index (χ1v) is 13.3. The van der Waals surface area contributed by atoms with E-state index in [1.54, 1.807) is 32.0 Å². The van der Waals surface area contributed by atoms with Crippen molar-refractivity contribution < 1.29 is 29.4 Å². The summed E-state index contributed by atoms with van der Waals surface area (Å²) in [5.41, 5.74) is -0.726. The number of carbonyl (C=O) groups is 4. The first kappa shape index (κ1) is 32.5. The molecule has 7 N–H and O–H groups in total. The van der Waals surface area contributed by atoms with Crippen molar-refractivity contribution in [3.05, 3.63) is 71.2 Å². The van der Waals surface area contributed by atoms with Crippen LogP contribution in [0.15, 0.2) is 58.6 Å². The van der Waals surface area contributed by atoms with Gasteiger partial charge in [-0.1, -0.05) is 45.9 Å². The minimum atomic E-state index is -1.10. The Balaban J connectivity index is 0.000000234. The molecule has 226 valence electrons. The molecule has 0 radical (unpaired) electrons. The number of aromatic carboxylic acids is 2. The molecule has 2 aliphatic heterocycles. The molecule has 0 spiro atoms. The van der Waals surface area contributed by atoms with Crippen LogP contribution in [-0.2, 0) is 9.59 Å². The number of hydrogen-bond acceptors (Lipinski definition) is 9. The van der Waals surface area contributed by atoms with Crippen LogP contribution in [0.4, 0.5) is 0 Å². The summed E-state index contributed by atoms with van der Waals surface area (Å²) >= 11 is 0. The van der Waals surface area contributed by atoms with Crippen molar-refractivity contribution >= 4 is 46.3 Å². The van der Waals surface area contributed by atoms with Crippen LogP contribution in [0.5, 0.6) is 0 Å². The summed E-state index contributed by atoms with van der Waals surface area (Å²) in [6.07, 6.45) is 1.47. The lowest BCUT2D eigenvalue weighted by molar-refractivity contribution is -0.125. The fraction of sp³-hybridized carbons (Fsp3) is 0.333. The van der Waals surface area contributed by atoms with Crippen LogP contribution in [0.3, 0.4) is 0 Å². The molecular formula is C30H35N7O6. The van der Waals surface area contributed by atoms with Crippen molar-refractivity contribution in [3.8, 4) is 0 Å². The number of carbonyl (C=O) groups excluding carboxylic acids is 2. The average molecular weight is 590 g/mol. The number of para-hydroxylation sites is 1. The Labute approximate surface area is 248 Å². The van der Waals surface area contributed by atoms with E-state index >= 15 is 0 Å². The Morgan fingerprint density at radius 3 is 1.77 bits per heavy atom. The summed E-state index contributed by atoms with van der Waals surface area (Å²) in [6.45, 7) is 11.0. The number of nitrogens with zero attached hydrogens (tertiary/aromatic N) is 4. The van der Waals surface area contributed by atoms with Gasteiger partial charge in [0.15, 0.2) is 11.7 Å². The number of hydrogen-bond donors (Lipinski definition) is 5. The van der Waals surface area contributed by atoms with Gasteiger partial charge in [-0.25, -0.2) is 24.6 Å². The molecule has 0 aliphatic carbocycles. The van der Waals surface area contributed by atoms with Crippen LogP contribution in [-0.4, -0.2) is 66.7 Å². The van der Waals surface area contributed by atoms with Crippen LogP contribution in [0.25, 0.3) is 10.9 Å². The number of amides is 2. The van der Waals surface area contributed by atoms with Gasteiger partial charge in [-0.3, -0.25) is 14.6 Å². The highest BCUT2D eigenvalue weighted by atomic mass is 16.4. The normalized spacial score (nSPS) is 20.9. The molecule has 3 aromatic rings. The van der Waals surface area contributed by atoms with Gasteiger partial charge in [0.2, 0.25) is 0 Å². The summed E-state index contributed by atoms with van der Waals surface area (Å²) in [5, 5.41) is 24.6. The van der Waals surface area contributed by atoms with E-state index in [-0.39, 0.29) is 64.0 Å². The van der Waals surface area contributed by atoms with Gasteiger partial charge in [0, 0.05) is 11.6 Å². The molecule has 2 aromatic heterocycles. The van der Waals surface area contributed by atoms with Crippen molar-refractivity contribution in [2.24, 2.45) is 21.8 Å². The van der Waals surface area contributed by atoms with Gasteiger partial charge in [0.05, 0.1) is 16.6 Å². The zero-order chi connectivity index (χ0) is 31.0. The molecule has 2 atom stereocenters. The van der Waals surface area contributed by atoms with Crippen LogP contribution in [0.1, 0.15) is 73.6 Å². The summed E-state index contributed by atoms with van der Waals surface area (Å²) < 4.78 is 0. The number of carboxylic acids is 2. The largest absolute Gasteiger partial charge is 0.478 e. The van der Waals surface area contributed by atoms with E-state index in [2.05, 4.69) is 30.6 Å². The Morgan fingerprint density at radius 1 is 0.767 bits per heavy atom. The van der Waals surface area contributed by atoms with Crippen LogP contribution in [0.2, 0.25) is 0 Å². The van der Waals surface area contributed by atoms with Gasteiger partial charge in [-0.2, -0.15) is 0 Å². The van der Waals surface area contributed by atoms with Gasteiger partial charge >= 0.3 is 11.9 Å². The van der Waals surface area contributed by atoms with E-state index in [1.807, 2.05) is 39.8 Å². The highest BCUT2D eigenvalue weighted by molar-refractivity contribution is 6.18. The monoisotopic (exact) mass is 589 g/mol. The maximum atomic E-state index is 12.3. The minimum Gasteiger partial charge on any atom is -0.478 e. The fourth-order valence-electron chi connectivity index (χ4n) is 4.32. The molecular weight excluding hydrogens is 554 g/mol. The topological polar surface area (TPSA) is 218 Å².